The molecule has 4 rings (SSSR count). The molecule has 130 valence electrons. The second-order valence-electron chi connectivity index (χ2n) is 6.28. The molecule has 0 unspecified atom stereocenters. The number of aliphatic hydroxyl groups is 1. The summed E-state index contributed by atoms with van der Waals surface area (Å²) in [6.45, 7) is 0.361. The third-order valence-electron chi connectivity index (χ3n) is 4.83. The maximum Gasteiger partial charge on any atom is 0.248 e. The minimum absolute atomic E-state index is 0.0579. The van der Waals surface area contributed by atoms with Crippen molar-refractivity contribution in [1.82, 2.24) is 19.9 Å². The van der Waals surface area contributed by atoms with Gasteiger partial charge < -0.3 is 10.0 Å². The zero-order valence-electron chi connectivity index (χ0n) is 13.6. The van der Waals surface area contributed by atoms with Crippen molar-refractivity contribution in [2.45, 2.75) is 12.8 Å². The van der Waals surface area contributed by atoms with Gasteiger partial charge in [0, 0.05) is 31.3 Å². The maximum absolute atomic E-state index is 14.6. The molecule has 1 aromatic heterocycles. The van der Waals surface area contributed by atoms with E-state index < -0.39 is 12.4 Å². The van der Waals surface area contributed by atoms with Gasteiger partial charge in [0.1, 0.15) is 18.1 Å². The van der Waals surface area contributed by atoms with Crippen molar-refractivity contribution in [3.8, 4) is 11.3 Å². The van der Waals surface area contributed by atoms with Crippen molar-refractivity contribution in [2.24, 2.45) is 7.05 Å². The largest absolute Gasteiger partial charge is 0.387 e. The van der Waals surface area contributed by atoms with Crippen LogP contribution in [0.4, 0.5) is 4.39 Å². The summed E-state index contributed by atoms with van der Waals surface area (Å²) in [5.74, 6) is -0.741. The van der Waals surface area contributed by atoms with Crippen LogP contribution in [0.15, 0.2) is 17.8 Å². The van der Waals surface area contributed by atoms with Gasteiger partial charge in [0.25, 0.3) is 0 Å². The number of amides is 1. The van der Waals surface area contributed by atoms with Crippen LogP contribution >= 0.6 is 11.6 Å². The summed E-state index contributed by atoms with van der Waals surface area (Å²) in [5, 5.41) is 17.6. The predicted molar refractivity (Wildman–Crippen MR) is 90.3 cm³/mol. The highest BCUT2D eigenvalue weighted by Gasteiger charge is 2.34. The molecule has 1 amide bonds. The number of hydrogen-bond donors (Lipinski definition) is 1. The van der Waals surface area contributed by atoms with E-state index in [1.807, 2.05) is 0 Å². The minimum atomic E-state index is -0.526. The maximum atomic E-state index is 14.6. The molecule has 2 aromatic rings. The quantitative estimate of drug-likeness (QED) is 0.884. The van der Waals surface area contributed by atoms with Crippen LogP contribution in [0.3, 0.4) is 0 Å². The topological polar surface area (TPSA) is 71.2 Å². The first-order chi connectivity index (χ1) is 12.0. The lowest BCUT2D eigenvalue weighted by atomic mass is 9.94. The summed E-state index contributed by atoms with van der Waals surface area (Å²) in [4.78, 5) is 14.9. The van der Waals surface area contributed by atoms with E-state index in [2.05, 4.69) is 10.2 Å². The highest BCUT2D eigenvalue weighted by Crippen LogP contribution is 2.45. The van der Waals surface area contributed by atoms with E-state index in [-0.39, 0.29) is 10.9 Å². The number of aliphatic hydroxyl groups excluding tert-OH is 1. The number of aryl methyl sites for hydroxylation is 1. The van der Waals surface area contributed by atoms with Crippen molar-refractivity contribution in [1.29, 1.82) is 0 Å². The first-order valence-corrected chi connectivity index (χ1v) is 8.35. The summed E-state index contributed by atoms with van der Waals surface area (Å²) in [7, 11) is 1.71. The van der Waals surface area contributed by atoms with Crippen LogP contribution < -0.4 is 0 Å². The third kappa shape index (κ3) is 2.54. The summed E-state index contributed by atoms with van der Waals surface area (Å²) in [5.41, 5.74) is 4.68. The van der Waals surface area contributed by atoms with Crippen LogP contribution in [0.2, 0.25) is 5.02 Å². The number of carbonyl (C=O) groups is 1. The lowest BCUT2D eigenvalue weighted by Crippen LogP contribution is -2.37. The summed E-state index contributed by atoms with van der Waals surface area (Å²) in [6.07, 6.45) is 2.76. The number of aromatic nitrogens is 3. The molecule has 0 spiro atoms. The monoisotopic (exact) mass is 362 g/mol. The van der Waals surface area contributed by atoms with Gasteiger partial charge in [-0.1, -0.05) is 17.2 Å². The van der Waals surface area contributed by atoms with Gasteiger partial charge in [-0.25, -0.2) is 4.39 Å². The van der Waals surface area contributed by atoms with Crippen LogP contribution in [0, 0.1) is 5.82 Å². The number of nitrogens with zero attached hydrogens (tertiary/aromatic N) is 4. The number of halogens is 2. The third-order valence-corrected chi connectivity index (χ3v) is 5.11. The van der Waals surface area contributed by atoms with Gasteiger partial charge in [-0.15, -0.1) is 0 Å². The molecule has 1 N–H and O–H groups in total. The highest BCUT2D eigenvalue weighted by atomic mass is 35.5. The van der Waals surface area contributed by atoms with Gasteiger partial charge >= 0.3 is 0 Å². The van der Waals surface area contributed by atoms with Gasteiger partial charge in [0.05, 0.1) is 11.2 Å². The molecule has 8 heteroatoms. The Morgan fingerprint density at radius 1 is 1.48 bits per heavy atom. The summed E-state index contributed by atoms with van der Waals surface area (Å²) >= 11 is 6.11. The lowest BCUT2D eigenvalue weighted by Gasteiger charge is -2.28. The summed E-state index contributed by atoms with van der Waals surface area (Å²) < 4.78 is 14.6. The Balaban J connectivity index is 1.86. The van der Waals surface area contributed by atoms with E-state index in [4.69, 9.17) is 16.7 Å². The molecule has 0 saturated carbocycles. The molecular weight excluding hydrogens is 347 g/mol. The Kier molecular flexibility index (Phi) is 3.85. The first kappa shape index (κ1) is 16.2. The van der Waals surface area contributed by atoms with E-state index in [1.54, 1.807) is 24.2 Å². The lowest BCUT2D eigenvalue weighted by molar-refractivity contribution is -0.133. The first-order valence-electron chi connectivity index (χ1n) is 7.97. The van der Waals surface area contributed by atoms with Crippen molar-refractivity contribution < 1.29 is 14.3 Å². The molecule has 0 bridgehead atoms. The van der Waals surface area contributed by atoms with Gasteiger partial charge in [0.15, 0.2) is 0 Å². The average Bonchev–Trinajstić information content (AvgIpc) is 3.20. The standard InChI is InChI=1S/C17H16ClFN4O2/c1-22-20-6-14(21-22)10-5-13(18)17(19)11-4-9-2-3-23(15(25)8-24)7-12(9)16(10)11/h5-6,24H,2-4,7-8H2,1H3. The van der Waals surface area contributed by atoms with Crippen molar-refractivity contribution in [3.63, 3.8) is 0 Å². The van der Waals surface area contributed by atoms with Crippen LogP contribution in [0.5, 0.6) is 0 Å². The average molecular weight is 363 g/mol. The molecule has 0 fully saturated rings. The number of carbonyl (C=O) groups excluding carboxylic acids is 1. The molecule has 2 aliphatic rings. The smallest absolute Gasteiger partial charge is 0.248 e. The molecule has 1 aliphatic carbocycles. The minimum Gasteiger partial charge on any atom is -0.387 e. The molecule has 1 aliphatic heterocycles. The normalized spacial score (nSPS) is 16.2. The van der Waals surface area contributed by atoms with Gasteiger partial charge in [-0.3, -0.25) is 4.79 Å². The van der Waals surface area contributed by atoms with E-state index in [9.17, 15) is 9.18 Å². The van der Waals surface area contributed by atoms with Gasteiger partial charge in [-0.05, 0) is 30.0 Å². The fraction of sp³-hybridized carbons (Fsp3) is 0.353. The fourth-order valence-corrected chi connectivity index (χ4v) is 3.86. The Labute approximate surface area is 148 Å². The molecule has 25 heavy (non-hydrogen) atoms. The van der Waals surface area contributed by atoms with E-state index in [0.717, 1.165) is 22.3 Å². The van der Waals surface area contributed by atoms with E-state index >= 15 is 0 Å². The number of benzene rings is 1. The van der Waals surface area contributed by atoms with Crippen LogP contribution in [-0.4, -0.2) is 50.6 Å². The zero-order chi connectivity index (χ0) is 17.7. The SMILES string of the molecule is Cn1ncc(-c2cc(Cl)c(F)c3c2C2=C(CCN(C(=O)CO)C2)C3)n1. The highest BCUT2D eigenvalue weighted by molar-refractivity contribution is 6.31. The molecule has 6 nitrogen and oxygen atoms in total. The van der Waals surface area contributed by atoms with Crippen molar-refractivity contribution in [3.05, 3.63) is 39.8 Å². The molecular formula is C17H16ClFN4O2. The summed E-state index contributed by atoms with van der Waals surface area (Å²) in [6, 6.07) is 1.57. The van der Waals surface area contributed by atoms with Crippen LogP contribution in [0.25, 0.3) is 16.8 Å². The Morgan fingerprint density at radius 3 is 2.96 bits per heavy atom. The number of fused-ring (bicyclic) bond motifs is 2. The van der Waals surface area contributed by atoms with E-state index in [0.29, 0.717) is 37.2 Å². The van der Waals surface area contributed by atoms with Crippen molar-refractivity contribution >= 4 is 23.1 Å². The predicted octanol–water partition coefficient (Wildman–Crippen LogP) is 1.81. The number of rotatable bonds is 2. The van der Waals surface area contributed by atoms with Gasteiger partial charge in [-0.2, -0.15) is 15.0 Å². The van der Waals surface area contributed by atoms with Crippen LogP contribution in [0.1, 0.15) is 17.5 Å². The Hall–Kier alpha value is -2.25. The second-order valence-corrected chi connectivity index (χ2v) is 6.68. The van der Waals surface area contributed by atoms with Crippen LogP contribution in [-0.2, 0) is 18.3 Å². The Morgan fingerprint density at radius 2 is 2.28 bits per heavy atom. The zero-order valence-corrected chi connectivity index (χ0v) is 14.3. The molecule has 1 aromatic carbocycles. The molecule has 0 saturated heterocycles. The second kappa shape index (κ2) is 5.93. The Bertz CT molecular complexity index is 922. The molecule has 0 radical (unpaired) electrons. The van der Waals surface area contributed by atoms with Gasteiger partial charge in [0.2, 0.25) is 5.91 Å². The molecule has 2 heterocycles. The number of hydrogen-bond acceptors (Lipinski definition) is 4. The van der Waals surface area contributed by atoms with Crippen molar-refractivity contribution in [2.75, 3.05) is 19.7 Å². The van der Waals surface area contributed by atoms with E-state index in [1.165, 1.54) is 4.80 Å². The fourth-order valence-electron chi connectivity index (χ4n) is 3.64. The molecule has 0 atom stereocenters.